The van der Waals surface area contributed by atoms with Crippen LogP contribution in [-0.2, 0) is 11.8 Å². The van der Waals surface area contributed by atoms with Crippen LogP contribution < -0.4 is 5.32 Å². The highest BCUT2D eigenvalue weighted by molar-refractivity contribution is 6.33. The summed E-state index contributed by atoms with van der Waals surface area (Å²) in [5.74, 6) is 0.236. The summed E-state index contributed by atoms with van der Waals surface area (Å²) >= 11 is 6.32. The Morgan fingerprint density at radius 3 is 2.70 bits per heavy atom. The van der Waals surface area contributed by atoms with Gasteiger partial charge in [0.05, 0.1) is 24.3 Å². The first kappa shape index (κ1) is 20.7. The second kappa shape index (κ2) is 9.04. The molecule has 0 saturated carbocycles. The molecule has 1 fully saturated rings. The second-order valence-corrected chi connectivity index (χ2v) is 7.77. The Hall–Kier alpha value is -2.61. The van der Waals surface area contributed by atoms with Gasteiger partial charge in [-0.1, -0.05) is 35.0 Å². The zero-order chi connectivity index (χ0) is 21.1. The van der Waals surface area contributed by atoms with Crippen molar-refractivity contribution >= 4 is 17.5 Å². The van der Waals surface area contributed by atoms with Gasteiger partial charge < -0.3 is 19.1 Å². The first-order valence-electron chi connectivity index (χ1n) is 9.98. The standard InChI is InChI=1S/C22H25ClN4O3/c1-15-20(21(25-30-15)16-6-3-4-7-17(16)23)22(28)24-14-19(18-8-5-9-26(18)2)27-10-12-29-13-11-27/h3-9,19H,10-14H2,1-2H3,(H,24,28)/t19-/m1/s1. The molecular weight excluding hydrogens is 404 g/mol. The van der Waals surface area contributed by atoms with Crippen LogP contribution in [0.2, 0.25) is 5.02 Å². The third kappa shape index (κ3) is 4.14. The van der Waals surface area contributed by atoms with Crippen LogP contribution in [0, 0.1) is 6.92 Å². The van der Waals surface area contributed by atoms with Gasteiger partial charge in [0.2, 0.25) is 0 Å². The lowest BCUT2D eigenvalue weighted by Crippen LogP contribution is -2.44. The van der Waals surface area contributed by atoms with Gasteiger partial charge in [-0.2, -0.15) is 0 Å². The number of nitrogens with one attached hydrogen (secondary N) is 1. The van der Waals surface area contributed by atoms with Crippen molar-refractivity contribution in [1.82, 2.24) is 19.9 Å². The zero-order valence-electron chi connectivity index (χ0n) is 17.1. The lowest BCUT2D eigenvalue weighted by molar-refractivity contribution is 0.0148. The average Bonchev–Trinajstić information content (AvgIpc) is 3.35. The highest BCUT2D eigenvalue weighted by atomic mass is 35.5. The average molecular weight is 429 g/mol. The number of carbonyl (C=O) groups is 1. The molecule has 0 radical (unpaired) electrons. The molecule has 7 nitrogen and oxygen atoms in total. The number of hydrogen-bond donors (Lipinski definition) is 1. The van der Waals surface area contributed by atoms with E-state index in [0.717, 1.165) is 18.8 Å². The van der Waals surface area contributed by atoms with Gasteiger partial charge in [0.15, 0.2) is 0 Å². The molecule has 4 rings (SSSR count). The number of nitrogens with zero attached hydrogens (tertiary/aromatic N) is 3. The van der Waals surface area contributed by atoms with Crippen LogP contribution in [0.1, 0.15) is 27.9 Å². The number of aromatic nitrogens is 2. The first-order chi connectivity index (χ1) is 14.6. The molecule has 1 atom stereocenters. The Morgan fingerprint density at radius 2 is 2.00 bits per heavy atom. The molecule has 0 aliphatic carbocycles. The third-order valence-electron chi connectivity index (χ3n) is 5.49. The monoisotopic (exact) mass is 428 g/mol. The number of morpholine rings is 1. The van der Waals surface area contributed by atoms with Crippen molar-refractivity contribution in [2.45, 2.75) is 13.0 Å². The highest BCUT2D eigenvalue weighted by Crippen LogP contribution is 2.31. The normalized spacial score (nSPS) is 15.8. The van der Waals surface area contributed by atoms with Crippen LogP contribution in [0.5, 0.6) is 0 Å². The molecule has 1 N–H and O–H groups in total. The van der Waals surface area contributed by atoms with E-state index in [1.807, 2.05) is 37.5 Å². The molecule has 1 aliphatic rings. The maximum atomic E-state index is 13.2. The summed E-state index contributed by atoms with van der Waals surface area (Å²) in [5.41, 5.74) is 2.69. The van der Waals surface area contributed by atoms with Gasteiger partial charge >= 0.3 is 0 Å². The van der Waals surface area contributed by atoms with E-state index in [2.05, 4.69) is 26.0 Å². The molecule has 0 bridgehead atoms. The van der Waals surface area contributed by atoms with Crippen LogP contribution in [-0.4, -0.2) is 53.4 Å². The summed E-state index contributed by atoms with van der Waals surface area (Å²) < 4.78 is 12.9. The molecule has 30 heavy (non-hydrogen) atoms. The molecule has 1 aromatic carbocycles. The molecule has 1 aliphatic heterocycles. The van der Waals surface area contributed by atoms with Gasteiger partial charge in [0.1, 0.15) is 17.0 Å². The Balaban J connectivity index is 1.57. The minimum absolute atomic E-state index is 0.0433. The second-order valence-electron chi connectivity index (χ2n) is 7.36. The van der Waals surface area contributed by atoms with Gasteiger partial charge in [-0.05, 0) is 25.1 Å². The topological polar surface area (TPSA) is 72.5 Å². The Bertz CT molecular complexity index is 1020. The quantitative estimate of drug-likeness (QED) is 0.651. The molecule has 3 heterocycles. The number of carbonyl (C=O) groups excluding carboxylic acids is 1. The zero-order valence-corrected chi connectivity index (χ0v) is 17.9. The summed E-state index contributed by atoms with van der Waals surface area (Å²) in [4.78, 5) is 15.5. The van der Waals surface area contributed by atoms with E-state index in [1.165, 1.54) is 0 Å². The predicted molar refractivity (Wildman–Crippen MR) is 115 cm³/mol. The van der Waals surface area contributed by atoms with Crippen molar-refractivity contribution in [2.75, 3.05) is 32.8 Å². The van der Waals surface area contributed by atoms with E-state index in [9.17, 15) is 4.79 Å². The van der Waals surface area contributed by atoms with Gasteiger partial charge in [0.25, 0.3) is 5.91 Å². The summed E-state index contributed by atoms with van der Waals surface area (Å²) in [7, 11) is 2.02. The maximum absolute atomic E-state index is 13.2. The number of halogens is 1. The van der Waals surface area contributed by atoms with Crippen LogP contribution in [0.15, 0.2) is 47.1 Å². The molecule has 0 unspecified atom stereocenters. The largest absolute Gasteiger partial charge is 0.379 e. The van der Waals surface area contributed by atoms with Gasteiger partial charge in [0, 0.05) is 44.1 Å². The molecule has 1 amide bonds. The van der Waals surface area contributed by atoms with Gasteiger partial charge in [-0.25, -0.2) is 0 Å². The van der Waals surface area contributed by atoms with Crippen molar-refractivity contribution in [3.8, 4) is 11.3 Å². The van der Waals surface area contributed by atoms with Crippen LogP contribution >= 0.6 is 11.6 Å². The van der Waals surface area contributed by atoms with Crippen molar-refractivity contribution in [2.24, 2.45) is 7.05 Å². The van der Waals surface area contributed by atoms with E-state index in [1.54, 1.807) is 13.0 Å². The molecule has 1 saturated heterocycles. The molecule has 2 aromatic heterocycles. The predicted octanol–water partition coefficient (Wildman–Crippen LogP) is 3.45. The number of amides is 1. The van der Waals surface area contributed by atoms with Crippen molar-refractivity contribution in [3.63, 3.8) is 0 Å². The van der Waals surface area contributed by atoms with Crippen LogP contribution in [0.25, 0.3) is 11.3 Å². The molecular formula is C22H25ClN4O3. The lowest BCUT2D eigenvalue weighted by Gasteiger charge is -2.35. The third-order valence-corrected chi connectivity index (χ3v) is 5.82. The number of rotatable bonds is 6. The molecule has 8 heteroatoms. The van der Waals surface area contributed by atoms with E-state index in [0.29, 0.717) is 47.4 Å². The Labute approximate surface area is 180 Å². The molecule has 158 valence electrons. The van der Waals surface area contributed by atoms with E-state index < -0.39 is 0 Å². The fourth-order valence-corrected chi connectivity index (χ4v) is 4.11. The number of aryl methyl sites for hydroxylation is 2. The smallest absolute Gasteiger partial charge is 0.257 e. The van der Waals surface area contributed by atoms with E-state index in [-0.39, 0.29) is 11.9 Å². The van der Waals surface area contributed by atoms with Crippen LogP contribution in [0.3, 0.4) is 0 Å². The van der Waals surface area contributed by atoms with Gasteiger partial charge in [-0.15, -0.1) is 0 Å². The van der Waals surface area contributed by atoms with Gasteiger partial charge in [-0.3, -0.25) is 9.69 Å². The number of hydrogen-bond acceptors (Lipinski definition) is 5. The first-order valence-corrected chi connectivity index (χ1v) is 10.4. The summed E-state index contributed by atoms with van der Waals surface area (Å²) in [6.07, 6.45) is 2.02. The number of ether oxygens (including phenoxy) is 1. The minimum atomic E-state index is -0.226. The van der Waals surface area contributed by atoms with Crippen LogP contribution in [0.4, 0.5) is 0 Å². The summed E-state index contributed by atoms with van der Waals surface area (Å²) in [6, 6.07) is 11.4. The molecule has 3 aromatic rings. The van der Waals surface area contributed by atoms with Crippen molar-refractivity contribution < 1.29 is 14.1 Å². The Kier molecular flexibility index (Phi) is 6.22. The SMILES string of the molecule is Cc1onc(-c2ccccc2Cl)c1C(=O)NC[C@H](c1cccn1C)N1CCOCC1. The Morgan fingerprint density at radius 1 is 1.23 bits per heavy atom. The lowest BCUT2D eigenvalue weighted by atomic mass is 10.1. The fourth-order valence-electron chi connectivity index (χ4n) is 3.88. The maximum Gasteiger partial charge on any atom is 0.257 e. The highest BCUT2D eigenvalue weighted by Gasteiger charge is 2.27. The summed E-state index contributed by atoms with van der Waals surface area (Å²) in [5, 5.41) is 7.71. The van der Waals surface area contributed by atoms with E-state index in [4.69, 9.17) is 20.9 Å². The van der Waals surface area contributed by atoms with Crippen molar-refractivity contribution in [1.29, 1.82) is 0 Å². The van der Waals surface area contributed by atoms with E-state index >= 15 is 0 Å². The molecule has 0 spiro atoms. The summed E-state index contributed by atoms with van der Waals surface area (Å²) in [6.45, 7) is 5.22. The fraction of sp³-hybridized carbons (Fsp3) is 0.364. The number of benzene rings is 1. The van der Waals surface area contributed by atoms with Crippen molar-refractivity contribution in [3.05, 3.63) is 64.6 Å². The minimum Gasteiger partial charge on any atom is -0.379 e.